The van der Waals surface area contributed by atoms with Crippen molar-refractivity contribution in [1.82, 2.24) is 5.32 Å². The van der Waals surface area contributed by atoms with Crippen molar-refractivity contribution in [1.29, 1.82) is 0 Å². The molecule has 0 aromatic carbocycles. The third-order valence-corrected chi connectivity index (χ3v) is 12.2. The van der Waals surface area contributed by atoms with Gasteiger partial charge in [-0.1, -0.05) is 102 Å². The Bertz CT molecular complexity index is 1310. The van der Waals surface area contributed by atoms with E-state index in [0.717, 1.165) is 70.6 Å². The van der Waals surface area contributed by atoms with Crippen molar-refractivity contribution in [2.75, 3.05) is 26.4 Å². The van der Waals surface area contributed by atoms with Crippen molar-refractivity contribution < 1.29 is 89.4 Å². The molecule has 3 fully saturated rings. The summed E-state index contributed by atoms with van der Waals surface area (Å²) in [5, 5.41) is 119. The summed E-state index contributed by atoms with van der Waals surface area (Å²) in [6.45, 7) is 1.58. The standard InChI is InChI=1S/C46H83NO18/c1-3-5-7-9-11-13-14-15-16-18-20-22-24-34(52)47-29(30(51)23-21-19-17-12-10-8-6-4-2)28-60-44-40(58)37(55)42(32(26-49)62-44)65-46-41(59)38(56)43(33(27-50)63-46)64-45-39(57)36(54)35(53)31(25-48)61-45/h11,13,21,23,29-33,35-46,48-51,53-59H,3-10,12,14-20,22,24-28H2,1-2H3,(H,47,52)/b13-11-,23-21+. The van der Waals surface area contributed by atoms with Crippen molar-refractivity contribution in [3.05, 3.63) is 24.3 Å². The molecule has 0 bridgehead atoms. The van der Waals surface area contributed by atoms with Gasteiger partial charge >= 0.3 is 0 Å². The highest BCUT2D eigenvalue weighted by atomic mass is 16.8. The highest BCUT2D eigenvalue weighted by Gasteiger charge is 2.53. The quantitative estimate of drug-likeness (QED) is 0.0322. The summed E-state index contributed by atoms with van der Waals surface area (Å²) in [6, 6.07) is -0.970. The van der Waals surface area contributed by atoms with E-state index in [2.05, 4.69) is 31.3 Å². The minimum Gasteiger partial charge on any atom is -0.394 e. The molecule has 3 heterocycles. The monoisotopic (exact) mass is 938 g/mol. The number of unbranched alkanes of at least 4 members (excludes halogenated alkanes) is 14. The van der Waals surface area contributed by atoms with E-state index in [1.165, 1.54) is 32.1 Å². The smallest absolute Gasteiger partial charge is 0.220 e. The van der Waals surface area contributed by atoms with E-state index in [0.29, 0.717) is 6.42 Å². The number of hydrogen-bond donors (Lipinski definition) is 12. The van der Waals surface area contributed by atoms with Gasteiger partial charge < -0.3 is 89.9 Å². The average molecular weight is 938 g/mol. The van der Waals surface area contributed by atoms with Crippen LogP contribution in [-0.4, -0.2) is 193 Å². The van der Waals surface area contributed by atoms with Gasteiger partial charge in [-0.2, -0.15) is 0 Å². The number of amides is 1. The van der Waals surface area contributed by atoms with Crippen molar-refractivity contribution in [2.24, 2.45) is 0 Å². The summed E-state index contributed by atoms with van der Waals surface area (Å²) >= 11 is 0. The van der Waals surface area contributed by atoms with E-state index in [4.69, 9.17) is 28.4 Å². The molecule has 0 aromatic rings. The van der Waals surface area contributed by atoms with E-state index < -0.39 is 124 Å². The summed E-state index contributed by atoms with van der Waals surface area (Å²) in [4.78, 5) is 13.1. The van der Waals surface area contributed by atoms with Crippen LogP contribution in [-0.2, 0) is 33.2 Å². The molecule has 3 rings (SSSR count). The molecule has 3 aliphatic heterocycles. The number of nitrogens with one attached hydrogen (secondary N) is 1. The van der Waals surface area contributed by atoms with Gasteiger partial charge in [-0.25, -0.2) is 0 Å². The zero-order valence-corrected chi connectivity index (χ0v) is 38.5. The highest BCUT2D eigenvalue weighted by Crippen LogP contribution is 2.33. The lowest BCUT2D eigenvalue weighted by atomic mass is 9.96. The third-order valence-electron chi connectivity index (χ3n) is 12.2. The van der Waals surface area contributed by atoms with Crippen molar-refractivity contribution in [3.8, 4) is 0 Å². The Kier molecular flexibility index (Phi) is 28.5. The first-order chi connectivity index (χ1) is 31.3. The van der Waals surface area contributed by atoms with Crippen LogP contribution >= 0.6 is 0 Å². The molecule has 17 unspecified atom stereocenters. The summed E-state index contributed by atoms with van der Waals surface area (Å²) in [5.74, 6) is -0.293. The van der Waals surface area contributed by atoms with Crippen LogP contribution in [0.15, 0.2) is 24.3 Å². The van der Waals surface area contributed by atoms with Gasteiger partial charge in [0.2, 0.25) is 5.91 Å². The molecule has 380 valence electrons. The van der Waals surface area contributed by atoms with Crippen LogP contribution < -0.4 is 5.32 Å². The van der Waals surface area contributed by atoms with Gasteiger partial charge in [0.1, 0.15) is 73.2 Å². The lowest BCUT2D eigenvalue weighted by Crippen LogP contribution is -2.66. The minimum atomic E-state index is -1.97. The number of rotatable bonds is 32. The normalized spacial score (nSPS) is 34.3. The maximum absolute atomic E-state index is 13.1. The third kappa shape index (κ3) is 18.9. The van der Waals surface area contributed by atoms with E-state index in [1.54, 1.807) is 6.08 Å². The number of hydrogen-bond acceptors (Lipinski definition) is 18. The average Bonchev–Trinajstić information content (AvgIpc) is 3.30. The minimum absolute atomic E-state index is 0.233. The van der Waals surface area contributed by atoms with Gasteiger partial charge in [0.25, 0.3) is 0 Å². The Morgan fingerprint density at radius 2 is 0.969 bits per heavy atom. The number of aliphatic hydroxyl groups excluding tert-OH is 11. The molecule has 19 heteroatoms. The number of carbonyl (C=O) groups excluding carboxylic acids is 1. The van der Waals surface area contributed by atoms with Crippen LogP contribution in [0.4, 0.5) is 0 Å². The summed E-state index contributed by atoms with van der Waals surface area (Å²) in [6.07, 6.45) is -0.670. The number of ether oxygens (including phenoxy) is 6. The number of carbonyl (C=O) groups is 1. The molecule has 0 aromatic heterocycles. The first-order valence-electron chi connectivity index (χ1n) is 24.1. The van der Waals surface area contributed by atoms with Crippen LogP contribution in [0, 0.1) is 0 Å². The first-order valence-corrected chi connectivity index (χ1v) is 24.1. The Morgan fingerprint density at radius 3 is 1.52 bits per heavy atom. The Morgan fingerprint density at radius 1 is 0.538 bits per heavy atom. The number of allylic oxidation sites excluding steroid dienone is 3. The van der Waals surface area contributed by atoms with Gasteiger partial charge in [-0.3, -0.25) is 4.79 Å². The SMILES string of the molecule is CCCCC/C=C\CCCCCCCC(=O)NC(COC1OC(CO)C(OC2OC(CO)C(OC3OC(CO)C(O)C(O)C3O)C(O)C2O)C(O)C1O)C(O)/C=C/CCCCCCCC. The van der Waals surface area contributed by atoms with Gasteiger partial charge in [0.05, 0.1) is 38.6 Å². The molecular weight excluding hydrogens is 854 g/mol. The van der Waals surface area contributed by atoms with Gasteiger partial charge in [-0.05, 0) is 44.9 Å². The molecule has 12 N–H and O–H groups in total. The fourth-order valence-electron chi connectivity index (χ4n) is 8.12. The first kappa shape index (κ1) is 57.6. The summed E-state index contributed by atoms with van der Waals surface area (Å²) in [7, 11) is 0. The van der Waals surface area contributed by atoms with E-state index in [-0.39, 0.29) is 18.9 Å². The Hall–Kier alpha value is -1.73. The van der Waals surface area contributed by atoms with Crippen LogP contribution in [0.2, 0.25) is 0 Å². The molecule has 17 atom stereocenters. The van der Waals surface area contributed by atoms with Crippen LogP contribution in [0.5, 0.6) is 0 Å². The molecule has 0 aliphatic carbocycles. The second-order valence-corrected chi connectivity index (χ2v) is 17.6. The molecule has 3 aliphatic rings. The lowest BCUT2D eigenvalue weighted by Gasteiger charge is -2.48. The second-order valence-electron chi connectivity index (χ2n) is 17.6. The topological polar surface area (TPSA) is 307 Å². The predicted molar refractivity (Wildman–Crippen MR) is 236 cm³/mol. The Balaban J connectivity index is 1.58. The van der Waals surface area contributed by atoms with Crippen LogP contribution in [0.1, 0.15) is 129 Å². The summed E-state index contributed by atoms with van der Waals surface area (Å²) in [5.41, 5.74) is 0. The van der Waals surface area contributed by atoms with Gasteiger partial charge in [0, 0.05) is 6.42 Å². The molecule has 1 amide bonds. The van der Waals surface area contributed by atoms with Crippen molar-refractivity contribution in [3.63, 3.8) is 0 Å². The fraction of sp³-hybridized carbons (Fsp3) is 0.891. The molecule has 0 spiro atoms. The Labute approximate surface area is 384 Å². The van der Waals surface area contributed by atoms with Gasteiger partial charge in [-0.15, -0.1) is 0 Å². The highest BCUT2D eigenvalue weighted by molar-refractivity contribution is 5.76. The zero-order chi connectivity index (χ0) is 47.7. The summed E-state index contributed by atoms with van der Waals surface area (Å²) < 4.78 is 34.0. The molecule has 0 saturated carbocycles. The molecule has 0 radical (unpaired) electrons. The van der Waals surface area contributed by atoms with Crippen molar-refractivity contribution >= 4 is 5.91 Å². The van der Waals surface area contributed by atoms with E-state index >= 15 is 0 Å². The molecule has 19 nitrogen and oxygen atoms in total. The van der Waals surface area contributed by atoms with Gasteiger partial charge in [0.15, 0.2) is 18.9 Å². The lowest BCUT2D eigenvalue weighted by molar-refractivity contribution is -0.379. The largest absolute Gasteiger partial charge is 0.394 e. The van der Waals surface area contributed by atoms with Crippen LogP contribution in [0.25, 0.3) is 0 Å². The molecular formula is C46H83NO18. The van der Waals surface area contributed by atoms with E-state index in [1.807, 2.05) is 6.08 Å². The molecule has 3 saturated heterocycles. The number of aliphatic hydroxyl groups is 11. The maximum atomic E-state index is 13.1. The van der Waals surface area contributed by atoms with Crippen LogP contribution in [0.3, 0.4) is 0 Å². The zero-order valence-electron chi connectivity index (χ0n) is 38.5. The second kappa shape index (κ2) is 32.2. The van der Waals surface area contributed by atoms with E-state index in [9.17, 15) is 61.0 Å². The molecule has 65 heavy (non-hydrogen) atoms. The predicted octanol–water partition coefficient (Wildman–Crippen LogP) is 0.471. The maximum Gasteiger partial charge on any atom is 0.220 e. The fourth-order valence-corrected chi connectivity index (χ4v) is 8.12. The van der Waals surface area contributed by atoms with Crippen molar-refractivity contribution in [2.45, 2.75) is 234 Å².